The summed E-state index contributed by atoms with van der Waals surface area (Å²) in [4.78, 5) is 19.1. The zero-order chi connectivity index (χ0) is 16.9. The van der Waals surface area contributed by atoms with E-state index in [1.807, 2.05) is 36.1 Å². The molecular weight excluding hydrogens is 320 g/mol. The van der Waals surface area contributed by atoms with Gasteiger partial charge in [-0.25, -0.2) is 4.98 Å². The molecule has 126 valence electrons. The molecule has 1 aliphatic rings. The topological polar surface area (TPSA) is 42.4 Å². The van der Waals surface area contributed by atoms with Crippen molar-refractivity contribution in [2.24, 2.45) is 0 Å². The lowest BCUT2D eigenvalue weighted by atomic mass is 10.0. The van der Waals surface area contributed by atoms with Crippen LogP contribution < -0.4 is 4.74 Å². The molecule has 0 bridgehead atoms. The summed E-state index contributed by atoms with van der Waals surface area (Å²) in [6.45, 7) is 3.43. The number of carbonyl (C=O) groups is 1. The number of methoxy groups -OCH3 is 1. The first kappa shape index (κ1) is 16.8. The number of amides is 1. The summed E-state index contributed by atoms with van der Waals surface area (Å²) in [5, 5.41) is 0.748. The van der Waals surface area contributed by atoms with Crippen LogP contribution in [0.25, 0.3) is 0 Å². The number of aryl methyl sites for hydroxylation is 1. The number of rotatable bonds is 4. The van der Waals surface area contributed by atoms with Crippen molar-refractivity contribution in [3.05, 3.63) is 53.7 Å². The molecule has 1 atom stereocenters. The van der Waals surface area contributed by atoms with Gasteiger partial charge >= 0.3 is 0 Å². The van der Waals surface area contributed by atoms with E-state index in [1.54, 1.807) is 13.3 Å². The van der Waals surface area contributed by atoms with E-state index in [0.29, 0.717) is 6.54 Å². The third kappa shape index (κ3) is 3.90. The van der Waals surface area contributed by atoms with Gasteiger partial charge in [0.25, 0.3) is 0 Å². The van der Waals surface area contributed by atoms with Crippen LogP contribution in [0.3, 0.4) is 0 Å². The quantitative estimate of drug-likeness (QED) is 0.797. The van der Waals surface area contributed by atoms with Crippen molar-refractivity contribution in [2.75, 3.05) is 13.7 Å². The van der Waals surface area contributed by atoms with Gasteiger partial charge in [0.2, 0.25) is 5.91 Å². The average molecular weight is 342 g/mol. The molecule has 0 spiro atoms. The number of hydrogen-bond donors (Lipinski definition) is 0. The van der Waals surface area contributed by atoms with Crippen molar-refractivity contribution in [1.82, 2.24) is 9.88 Å². The first-order valence-corrected chi connectivity index (χ1v) is 9.07. The molecule has 24 heavy (non-hydrogen) atoms. The van der Waals surface area contributed by atoms with Crippen molar-refractivity contribution in [3.8, 4) is 5.75 Å². The van der Waals surface area contributed by atoms with Crippen molar-refractivity contribution >= 4 is 17.7 Å². The molecule has 0 saturated carbocycles. The molecule has 2 aromatic rings. The summed E-state index contributed by atoms with van der Waals surface area (Å²) >= 11 is 1.52. The Bertz CT molecular complexity index is 706. The predicted octanol–water partition coefficient (Wildman–Crippen LogP) is 3.55. The first-order valence-electron chi connectivity index (χ1n) is 8.19. The molecule has 3 rings (SSSR count). The minimum absolute atomic E-state index is 0.139. The van der Waals surface area contributed by atoms with Crippen LogP contribution in [-0.2, 0) is 17.8 Å². The smallest absolute Gasteiger partial charge is 0.236 e. The van der Waals surface area contributed by atoms with Crippen molar-refractivity contribution < 1.29 is 9.53 Å². The maximum absolute atomic E-state index is 12.8. The third-order valence-corrected chi connectivity index (χ3v) is 5.28. The van der Waals surface area contributed by atoms with Gasteiger partial charge in [0.05, 0.1) is 17.4 Å². The third-order valence-electron chi connectivity index (χ3n) is 4.24. The Morgan fingerprint density at radius 1 is 1.29 bits per heavy atom. The number of benzene rings is 1. The molecule has 0 saturated heterocycles. The molecule has 0 aliphatic carbocycles. The molecular formula is C19H22N2O2S. The second kappa shape index (κ2) is 7.71. The van der Waals surface area contributed by atoms with Gasteiger partial charge in [-0.05, 0) is 55.2 Å². The van der Waals surface area contributed by atoms with Gasteiger partial charge in [0, 0.05) is 19.3 Å². The van der Waals surface area contributed by atoms with Crippen LogP contribution in [-0.4, -0.2) is 34.7 Å². The molecule has 1 aromatic heterocycles. The van der Waals surface area contributed by atoms with E-state index in [9.17, 15) is 4.79 Å². The van der Waals surface area contributed by atoms with E-state index in [2.05, 4.69) is 17.1 Å². The highest BCUT2D eigenvalue weighted by molar-refractivity contribution is 8.00. The monoisotopic (exact) mass is 342 g/mol. The molecule has 2 heterocycles. The van der Waals surface area contributed by atoms with Gasteiger partial charge in [-0.15, -0.1) is 0 Å². The highest BCUT2D eigenvalue weighted by atomic mass is 32.2. The SMILES string of the molecule is COc1ccc2c(c1)CCCN(C(=O)[C@@H](C)Sc1ccccn1)C2. The Hall–Kier alpha value is -2.01. The lowest BCUT2D eigenvalue weighted by Gasteiger charge is -2.24. The number of pyridine rings is 1. The number of thioether (sulfide) groups is 1. The van der Waals surface area contributed by atoms with E-state index < -0.39 is 0 Å². The fourth-order valence-corrected chi connectivity index (χ4v) is 3.85. The van der Waals surface area contributed by atoms with Gasteiger partial charge in [-0.1, -0.05) is 23.9 Å². The number of carbonyl (C=O) groups excluding carboxylic acids is 1. The largest absolute Gasteiger partial charge is 0.497 e. The Kier molecular flexibility index (Phi) is 5.41. The van der Waals surface area contributed by atoms with E-state index in [-0.39, 0.29) is 11.2 Å². The summed E-state index contributed by atoms with van der Waals surface area (Å²) in [6.07, 6.45) is 3.72. The maximum Gasteiger partial charge on any atom is 0.236 e. The van der Waals surface area contributed by atoms with Crippen LogP contribution >= 0.6 is 11.8 Å². The van der Waals surface area contributed by atoms with Crippen LogP contribution in [0, 0.1) is 0 Å². The highest BCUT2D eigenvalue weighted by Crippen LogP contribution is 2.27. The predicted molar refractivity (Wildman–Crippen MR) is 96.3 cm³/mol. The first-order chi connectivity index (χ1) is 11.7. The Morgan fingerprint density at radius 2 is 2.17 bits per heavy atom. The normalized spacial score (nSPS) is 15.3. The molecule has 5 heteroatoms. The molecule has 4 nitrogen and oxygen atoms in total. The minimum atomic E-state index is -0.139. The number of ether oxygens (including phenoxy) is 1. The molecule has 0 N–H and O–H groups in total. The average Bonchev–Trinajstić information content (AvgIpc) is 2.83. The Balaban J connectivity index is 1.70. The zero-order valence-electron chi connectivity index (χ0n) is 14.1. The van der Waals surface area contributed by atoms with E-state index in [0.717, 1.165) is 30.2 Å². The van der Waals surface area contributed by atoms with Crippen LogP contribution in [0.4, 0.5) is 0 Å². The van der Waals surface area contributed by atoms with Crippen LogP contribution in [0.1, 0.15) is 24.5 Å². The van der Waals surface area contributed by atoms with Crippen LogP contribution in [0.2, 0.25) is 0 Å². The second-order valence-electron chi connectivity index (χ2n) is 5.93. The van der Waals surface area contributed by atoms with E-state index in [4.69, 9.17) is 4.74 Å². The summed E-state index contributed by atoms with van der Waals surface area (Å²) in [5.74, 6) is 1.06. The van der Waals surface area contributed by atoms with E-state index in [1.165, 1.54) is 22.9 Å². The fraction of sp³-hybridized carbons (Fsp3) is 0.368. The fourth-order valence-electron chi connectivity index (χ4n) is 2.95. The Labute approximate surface area is 147 Å². The number of hydrogen-bond acceptors (Lipinski definition) is 4. The molecule has 0 unspecified atom stereocenters. The van der Waals surface area contributed by atoms with Crippen molar-refractivity contribution in [1.29, 1.82) is 0 Å². The van der Waals surface area contributed by atoms with Crippen molar-refractivity contribution in [2.45, 2.75) is 36.6 Å². The van der Waals surface area contributed by atoms with Crippen LogP contribution in [0.15, 0.2) is 47.6 Å². The van der Waals surface area contributed by atoms with Gasteiger partial charge in [0.15, 0.2) is 0 Å². The van der Waals surface area contributed by atoms with E-state index >= 15 is 0 Å². The van der Waals surface area contributed by atoms with Crippen LogP contribution in [0.5, 0.6) is 5.75 Å². The van der Waals surface area contributed by atoms with Gasteiger partial charge in [-0.2, -0.15) is 0 Å². The summed E-state index contributed by atoms with van der Waals surface area (Å²) in [5.41, 5.74) is 2.51. The molecule has 1 aliphatic heterocycles. The molecule has 0 fully saturated rings. The molecule has 1 amide bonds. The summed E-state index contributed by atoms with van der Waals surface area (Å²) in [6, 6.07) is 11.9. The van der Waals surface area contributed by atoms with Gasteiger partial charge in [-0.3, -0.25) is 4.79 Å². The minimum Gasteiger partial charge on any atom is -0.497 e. The number of aromatic nitrogens is 1. The lowest BCUT2D eigenvalue weighted by molar-refractivity contribution is -0.130. The number of nitrogens with zero attached hydrogens (tertiary/aromatic N) is 2. The van der Waals surface area contributed by atoms with Crippen molar-refractivity contribution in [3.63, 3.8) is 0 Å². The zero-order valence-corrected chi connectivity index (χ0v) is 14.9. The van der Waals surface area contributed by atoms with Gasteiger partial charge < -0.3 is 9.64 Å². The molecule has 0 radical (unpaired) electrons. The molecule has 1 aromatic carbocycles. The van der Waals surface area contributed by atoms with Gasteiger partial charge in [0.1, 0.15) is 5.75 Å². The highest BCUT2D eigenvalue weighted by Gasteiger charge is 2.24. The Morgan fingerprint density at radius 3 is 2.92 bits per heavy atom. The second-order valence-corrected chi connectivity index (χ2v) is 7.29. The summed E-state index contributed by atoms with van der Waals surface area (Å²) < 4.78 is 5.31. The number of fused-ring (bicyclic) bond motifs is 1. The maximum atomic E-state index is 12.8. The lowest BCUT2D eigenvalue weighted by Crippen LogP contribution is -2.36. The standard InChI is InChI=1S/C19H22N2O2S/c1-14(24-18-7-3-4-10-20-18)19(22)21-11-5-6-15-12-17(23-2)9-8-16(15)13-21/h3-4,7-10,12,14H,5-6,11,13H2,1-2H3/t14-/m1/s1. The summed E-state index contributed by atoms with van der Waals surface area (Å²) in [7, 11) is 1.69.